The molecular weight excluding hydrogens is 1220 g/mol. The first-order chi connectivity index (χ1) is 45.2. The fourth-order valence-electron chi connectivity index (χ4n) is 11.4. The van der Waals surface area contributed by atoms with Crippen LogP contribution < -0.4 is 0 Å². The molecule has 0 aliphatic carbocycles. The molecule has 19 heteroatoms. The van der Waals surface area contributed by atoms with Gasteiger partial charge in [-0.3, -0.25) is 37.3 Å². The summed E-state index contributed by atoms with van der Waals surface area (Å²) in [5.74, 6) is -2.11. The van der Waals surface area contributed by atoms with Crippen LogP contribution in [0.3, 0.4) is 0 Å². The molecule has 0 aliphatic heterocycles. The number of carbonyl (C=O) groups is 4. The van der Waals surface area contributed by atoms with E-state index in [1.54, 1.807) is 0 Å². The van der Waals surface area contributed by atoms with Gasteiger partial charge >= 0.3 is 39.5 Å². The molecule has 0 aromatic rings. The maximum Gasteiger partial charge on any atom is 0.472 e. The number of hydrogen-bond donors (Lipinski definition) is 3. The van der Waals surface area contributed by atoms with E-state index >= 15 is 0 Å². The zero-order valence-electron chi connectivity index (χ0n) is 60.2. The van der Waals surface area contributed by atoms with Crippen LogP contribution >= 0.6 is 15.6 Å². The Morgan fingerprint density at radius 2 is 0.430 bits per heavy atom. The molecule has 0 radical (unpaired) electrons. The Hall–Kier alpha value is -1.94. The fourth-order valence-corrected chi connectivity index (χ4v) is 13.0. The van der Waals surface area contributed by atoms with Crippen molar-refractivity contribution in [2.45, 2.75) is 412 Å². The SMILES string of the molecule is CCCCCCCCCCCCCCCCCCCC(=O)O[C@H](COC(=O)CCCCCCCCCCCCCCCC)COP(=O)(O)OC[C@@H](O)COP(=O)(O)OC[C@@H](COC(=O)CCCCCCCCCCCC)OC(=O)CCCCCCCCCCCCCC. The van der Waals surface area contributed by atoms with Gasteiger partial charge in [0.15, 0.2) is 12.2 Å². The first-order valence-electron chi connectivity index (χ1n) is 38.8. The van der Waals surface area contributed by atoms with Crippen molar-refractivity contribution in [3.8, 4) is 0 Å². The van der Waals surface area contributed by atoms with Crippen molar-refractivity contribution in [3.63, 3.8) is 0 Å². The summed E-state index contributed by atoms with van der Waals surface area (Å²) < 4.78 is 68.4. The molecule has 0 bridgehead atoms. The molecule has 93 heavy (non-hydrogen) atoms. The van der Waals surface area contributed by atoms with Crippen LogP contribution in [-0.4, -0.2) is 96.7 Å². The van der Waals surface area contributed by atoms with Gasteiger partial charge in [-0.2, -0.15) is 0 Å². The molecule has 0 fully saturated rings. The van der Waals surface area contributed by atoms with Crippen LogP contribution in [0.15, 0.2) is 0 Å². The summed E-state index contributed by atoms with van der Waals surface area (Å²) in [5.41, 5.74) is 0. The quantitative estimate of drug-likeness (QED) is 0.0222. The summed E-state index contributed by atoms with van der Waals surface area (Å²) in [6, 6.07) is 0. The standard InChI is InChI=1S/C74H144O17P2/c1-5-9-13-17-21-25-29-32-34-35-36-38-41-45-49-53-57-61-74(79)91-70(65-85-72(77)59-55-51-47-43-40-37-33-30-26-22-18-14-10-6-2)67-89-93(82,83)87-63-68(75)62-86-92(80,81)88-66-69(64-84-71(76)58-54-50-46-42-28-24-20-16-12-8-4)90-73(78)60-56-52-48-44-39-31-27-23-19-15-11-7-3/h68-70,75H,5-67H2,1-4H3,(H,80,81)(H,82,83)/t68-,69+,70+/m0/s1. The minimum absolute atomic E-state index is 0.108. The number of hydrogen-bond acceptors (Lipinski definition) is 15. The first kappa shape index (κ1) is 91.1. The van der Waals surface area contributed by atoms with E-state index in [1.807, 2.05) is 0 Å². The lowest BCUT2D eigenvalue weighted by Crippen LogP contribution is -2.30. The fraction of sp³-hybridized carbons (Fsp3) is 0.946. The van der Waals surface area contributed by atoms with Gasteiger partial charge in [0.05, 0.1) is 26.4 Å². The maximum atomic E-state index is 13.1. The molecule has 0 aromatic heterocycles. The number of phosphoric acid groups is 2. The Kier molecular flexibility index (Phi) is 67.1. The van der Waals surface area contributed by atoms with Gasteiger partial charge in [0, 0.05) is 25.7 Å². The van der Waals surface area contributed by atoms with E-state index in [4.69, 9.17) is 37.0 Å². The topological polar surface area (TPSA) is 237 Å². The van der Waals surface area contributed by atoms with Crippen LogP contribution in [0.2, 0.25) is 0 Å². The van der Waals surface area contributed by atoms with Gasteiger partial charge < -0.3 is 33.8 Å². The van der Waals surface area contributed by atoms with Crippen molar-refractivity contribution in [3.05, 3.63) is 0 Å². The van der Waals surface area contributed by atoms with Crippen LogP contribution in [0.4, 0.5) is 0 Å². The molecule has 0 saturated carbocycles. The molecule has 0 heterocycles. The van der Waals surface area contributed by atoms with Gasteiger partial charge in [-0.25, -0.2) is 9.13 Å². The van der Waals surface area contributed by atoms with Crippen LogP contribution in [0.1, 0.15) is 394 Å². The number of esters is 4. The van der Waals surface area contributed by atoms with E-state index in [1.165, 1.54) is 225 Å². The Morgan fingerprint density at radius 1 is 0.258 bits per heavy atom. The number of ether oxygens (including phenoxy) is 4. The summed E-state index contributed by atoms with van der Waals surface area (Å²) in [6.07, 6.45) is 58.1. The third-order valence-corrected chi connectivity index (χ3v) is 19.3. The first-order valence-corrected chi connectivity index (χ1v) is 41.8. The molecular formula is C74H144O17P2. The van der Waals surface area contributed by atoms with Gasteiger partial charge in [0.25, 0.3) is 0 Å². The average molecular weight is 1370 g/mol. The van der Waals surface area contributed by atoms with Crippen molar-refractivity contribution < 1.29 is 80.2 Å². The van der Waals surface area contributed by atoms with E-state index in [9.17, 15) is 43.2 Å². The summed E-state index contributed by atoms with van der Waals surface area (Å²) >= 11 is 0. The average Bonchev–Trinajstić information content (AvgIpc) is 2.33. The van der Waals surface area contributed by atoms with E-state index in [-0.39, 0.29) is 25.7 Å². The molecule has 0 amide bonds. The normalized spacial score (nSPS) is 13.9. The second kappa shape index (κ2) is 68.6. The number of carbonyl (C=O) groups excluding carboxylic acids is 4. The smallest absolute Gasteiger partial charge is 0.462 e. The van der Waals surface area contributed by atoms with Crippen molar-refractivity contribution in [2.24, 2.45) is 0 Å². The van der Waals surface area contributed by atoms with E-state index in [0.29, 0.717) is 25.7 Å². The Bertz CT molecular complexity index is 1770. The van der Waals surface area contributed by atoms with Gasteiger partial charge in [-0.1, -0.05) is 342 Å². The molecule has 552 valence electrons. The molecule has 0 saturated heterocycles. The number of aliphatic hydroxyl groups is 1. The predicted octanol–water partition coefficient (Wildman–Crippen LogP) is 21.8. The van der Waals surface area contributed by atoms with Gasteiger partial charge in [-0.05, 0) is 25.7 Å². The second-order valence-electron chi connectivity index (χ2n) is 26.7. The second-order valence-corrected chi connectivity index (χ2v) is 29.6. The van der Waals surface area contributed by atoms with Crippen LogP contribution in [0.5, 0.6) is 0 Å². The van der Waals surface area contributed by atoms with E-state index in [0.717, 1.165) is 89.9 Å². The minimum Gasteiger partial charge on any atom is -0.462 e. The zero-order chi connectivity index (χ0) is 68.2. The third kappa shape index (κ3) is 68.4. The molecule has 0 aliphatic rings. The van der Waals surface area contributed by atoms with Crippen LogP contribution in [0.25, 0.3) is 0 Å². The highest BCUT2D eigenvalue weighted by Gasteiger charge is 2.30. The molecule has 0 rings (SSSR count). The summed E-state index contributed by atoms with van der Waals surface area (Å²) in [4.78, 5) is 72.7. The third-order valence-electron chi connectivity index (χ3n) is 17.4. The number of rotatable bonds is 75. The molecule has 5 atom stereocenters. The lowest BCUT2D eigenvalue weighted by Gasteiger charge is -2.21. The Labute approximate surface area is 568 Å². The molecule has 3 N–H and O–H groups in total. The minimum atomic E-state index is -4.95. The van der Waals surface area contributed by atoms with Crippen molar-refractivity contribution in [2.75, 3.05) is 39.6 Å². The van der Waals surface area contributed by atoms with E-state index in [2.05, 4.69) is 27.7 Å². The van der Waals surface area contributed by atoms with Gasteiger partial charge in [0.2, 0.25) is 0 Å². The lowest BCUT2D eigenvalue weighted by atomic mass is 10.0. The molecule has 0 spiro atoms. The van der Waals surface area contributed by atoms with Crippen molar-refractivity contribution in [1.29, 1.82) is 0 Å². The van der Waals surface area contributed by atoms with Crippen molar-refractivity contribution >= 4 is 39.5 Å². The highest BCUT2D eigenvalue weighted by molar-refractivity contribution is 7.47. The van der Waals surface area contributed by atoms with Crippen LogP contribution in [-0.2, 0) is 65.4 Å². The Balaban J connectivity index is 5.23. The Morgan fingerprint density at radius 3 is 0.634 bits per heavy atom. The molecule has 17 nitrogen and oxygen atoms in total. The van der Waals surface area contributed by atoms with Crippen LogP contribution in [0, 0.1) is 0 Å². The van der Waals surface area contributed by atoms with Gasteiger partial charge in [-0.15, -0.1) is 0 Å². The highest BCUT2D eigenvalue weighted by Crippen LogP contribution is 2.45. The molecule has 0 aromatic carbocycles. The largest absolute Gasteiger partial charge is 0.472 e. The number of phosphoric ester groups is 2. The number of unbranched alkanes of at least 4 members (excludes halogenated alkanes) is 49. The summed E-state index contributed by atoms with van der Waals surface area (Å²) in [5, 5.41) is 10.6. The summed E-state index contributed by atoms with van der Waals surface area (Å²) in [6.45, 7) is 4.98. The van der Waals surface area contributed by atoms with E-state index < -0.39 is 97.5 Å². The highest BCUT2D eigenvalue weighted by atomic mass is 31.2. The predicted molar refractivity (Wildman–Crippen MR) is 377 cm³/mol. The monoisotopic (exact) mass is 1370 g/mol. The maximum absolute atomic E-state index is 13.1. The van der Waals surface area contributed by atoms with Gasteiger partial charge in [0.1, 0.15) is 19.3 Å². The summed E-state index contributed by atoms with van der Waals surface area (Å²) in [7, 11) is -9.90. The van der Waals surface area contributed by atoms with Crippen molar-refractivity contribution in [1.82, 2.24) is 0 Å². The number of aliphatic hydroxyl groups excluding tert-OH is 1. The lowest BCUT2D eigenvalue weighted by molar-refractivity contribution is -0.161. The molecule has 2 unspecified atom stereocenters. The zero-order valence-corrected chi connectivity index (χ0v) is 62.0.